The molecule has 0 aliphatic carbocycles. The Morgan fingerprint density at radius 3 is 2.53 bits per heavy atom. The lowest BCUT2D eigenvalue weighted by atomic mass is 10.0. The van der Waals surface area contributed by atoms with Gasteiger partial charge in [-0.1, -0.05) is 0 Å². The Hall–Kier alpha value is -3.74. The summed E-state index contributed by atoms with van der Waals surface area (Å²) in [6.45, 7) is 0.510. The van der Waals surface area contributed by atoms with E-state index < -0.39 is 47.0 Å². The number of morpholine rings is 1. The number of hydrogen-bond acceptors (Lipinski definition) is 5. The van der Waals surface area contributed by atoms with Crippen LogP contribution in [0.4, 0.5) is 26.7 Å². The lowest BCUT2D eigenvalue weighted by Crippen LogP contribution is -2.46. The van der Waals surface area contributed by atoms with Gasteiger partial charge in [-0.05, 0) is 24.3 Å². The molecule has 0 unspecified atom stereocenters. The standard InChI is InChI=1S/C23H21F5N4O4/c1-29-21(33)12-7-15(24)19(16(25)8-12)20-17(10-14-11-31(5-6-36-14)22(34)35-2)32-4-3-13(23(26,27)28)9-18(32)30-20/h3-4,7-9,14H,5-6,10-11H2,1-2H3,(H,29,33)/t14-/m0/s1. The molecule has 2 aromatic heterocycles. The molecule has 1 aromatic carbocycles. The molecule has 4 rings (SSSR count). The summed E-state index contributed by atoms with van der Waals surface area (Å²) < 4.78 is 81.8. The van der Waals surface area contributed by atoms with Crippen molar-refractivity contribution in [3.05, 3.63) is 58.9 Å². The first-order chi connectivity index (χ1) is 17.0. The van der Waals surface area contributed by atoms with Crippen LogP contribution in [-0.2, 0) is 22.1 Å². The number of alkyl halides is 3. The Labute approximate surface area is 201 Å². The Bertz CT molecular complexity index is 1300. The third-order valence-corrected chi connectivity index (χ3v) is 5.81. The molecule has 0 bridgehead atoms. The number of rotatable bonds is 4. The quantitative estimate of drug-likeness (QED) is 0.540. The topological polar surface area (TPSA) is 85.2 Å². The van der Waals surface area contributed by atoms with Crippen molar-refractivity contribution < 1.29 is 41.0 Å². The van der Waals surface area contributed by atoms with Crippen LogP contribution in [0, 0.1) is 11.6 Å². The van der Waals surface area contributed by atoms with Crippen LogP contribution >= 0.6 is 0 Å². The molecule has 2 amide bonds. The average Bonchev–Trinajstić information content (AvgIpc) is 3.19. The number of halogens is 5. The second kappa shape index (κ2) is 9.72. The van der Waals surface area contributed by atoms with Crippen molar-refractivity contribution in [3.63, 3.8) is 0 Å². The summed E-state index contributed by atoms with van der Waals surface area (Å²) in [4.78, 5) is 29.3. The van der Waals surface area contributed by atoms with Gasteiger partial charge in [-0.3, -0.25) is 4.79 Å². The third-order valence-electron chi connectivity index (χ3n) is 5.81. The smallest absolute Gasteiger partial charge is 0.416 e. The molecule has 1 atom stereocenters. The van der Waals surface area contributed by atoms with E-state index in [1.54, 1.807) is 0 Å². The van der Waals surface area contributed by atoms with E-state index >= 15 is 8.78 Å². The van der Waals surface area contributed by atoms with Gasteiger partial charge >= 0.3 is 12.3 Å². The predicted octanol–water partition coefficient (Wildman–Crippen LogP) is 3.67. The molecule has 1 fully saturated rings. The molecule has 192 valence electrons. The zero-order valence-electron chi connectivity index (χ0n) is 19.2. The summed E-state index contributed by atoms with van der Waals surface area (Å²) in [5.41, 5.74) is -2.13. The molecule has 0 saturated carbocycles. The van der Waals surface area contributed by atoms with Crippen LogP contribution < -0.4 is 5.32 Å². The van der Waals surface area contributed by atoms with E-state index in [2.05, 4.69) is 10.3 Å². The van der Waals surface area contributed by atoms with Gasteiger partial charge in [-0.15, -0.1) is 0 Å². The minimum absolute atomic E-state index is 0.0363. The minimum atomic E-state index is -4.66. The molecule has 0 radical (unpaired) electrons. The van der Waals surface area contributed by atoms with Crippen LogP contribution in [0.1, 0.15) is 21.6 Å². The number of benzene rings is 1. The highest BCUT2D eigenvalue weighted by molar-refractivity contribution is 5.94. The van der Waals surface area contributed by atoms with Crippen molar-refractivity contribution in [1.29, 1.82) is 0 Å². The molecule has 13 heteroatoms. The summed E-state index contributed by atoms with van der Waals surface area (Å²) in [5.74, 6) is -2.95. The van der Waals surface area contributed by atoms with Crippen molar-refractivity contribution in [3.8, 4) is 11.3 Å². The fourth-order valence-electron chi connectivity index (χ4n) is 4.10. The highest BCUT2D eigenvalue weighted by Gasteiger charge is 2.33. The average molecular weight is 512 g/mol. The third kappa shape index (κ3) is 4.83. The first kappa shape index (κ1) is 25.4. The maximum Gasteiger partial charge on any atom is 0.416 e. The van der Waals surface area contributed by atoms with Gasteiger partial charge in [0.1, 0.15) is 17.3 Å². The predicted molar refractivity (Wildman–Crippen MR) is 116 cm³/mol. The van der Waals surface area contributed by atoms with Gasteiger partial charge in [0.25, 0.3) is 5.91 Å². The molecule has 1 aliphatic rings. The molecule has 0 spiro atoms. The van der Waals surface area contributed by atoms with Crippen molar-refractivity contribution in [1.82, 2.24) is 19.6 Å². The Morgan fingerprint density at radius 1 is 1.22 bits per heavy atom. The van der Waals surface area contributed by atoms with Gasteiger partial charge < -0.3 is 24.1 Å². The molecular weight excluding hydrogens is 491 g/mol. The van der Waals surface area contributed by atoms with Crippen LogP contribution in [0.2, 0.25) is 0 Å². The highest BCUT2D eigenvalue weighted by atomic mass is 19.4. The number of fused-ring (bicyclic) bond motifs is 1. The van der Waals surface area contributed by atoms with E-state index in [9.17, 15) is 22.8 Å². The van der Waals surface area contributed by atoms with E-state index in [-0.39, 0.29) is 48.7 Å². The monoisotopic (exact) mass is 512 g/mol. The van der Waals surface area contributed by atoms with Crippen molar-refractivity contribution in [2.24, 2.45) is 0 Å². The number of imidazole rings is 1. The van der Waals surface area contributed by atoms with E-state index in [0.29, 0.717) is 0 Å². The van der Waals surface area contributed by atoms with Gasteiger partial charge in [0, 0.05) is 31.8 Å². The van der Waals surface area contributed by atoms with Crippen LogP contribution in [0.3, 0.4) is 0 Å². The molecule has 36 heavy (non-hydrogen) atoms. The molecule has 1 saturated heterocycles. The van der Waals surface area contributed by atoms with E-state index in [4.69, 9.17) is 9.47 Å². The minimum Gasteiger partial charge on any atom is -0.453 e. The summed E-state index contributed by atoms with van der Waals surface area (Å²) >= 11 is 0. The Kier molecular flexibility index (Phi) is 6.85. The van der Waals surface area contributed by atoms with Crippen molar-refractivity contribution in [2.75, 3.05) is 33.9 Å². The molecule has 3 heterocycles. The molecule has 3 aromatic rings. The van der Waals surface area contributed by atoms with E-state index in [0.717, 1.165) is 30.5 Å². The van der Waals surface area contributed by atoms with Crippen molar-refractivity contribution >= 4 is 17.6 Å². The first-order valence-corrected chi connectivity index (χ1v) is 10.8. The fourth-order valence-corrected chi connectivity index (χ4v) is 4.10. The number of amides is 2. The number of ether oxygens (including phenoxy) is 2. The fraction of sp³-hybridized carbons (Fsp3) is 0.348. The second-order valence-electron chi connectivity index (χ2n) is 8.06. The van der Waals surface area contributed by atoms with Gasteiger partial charge in [0.05, 0.1) is 48.9 Å². The number of carbonyl (C=O) groups is 2. The lowest BCUT2D eigenvalue weighted by molar-refractivity contribution is -0.137. The summed E-state index contributed by atoms with van der Waals surface area (Å²) in [6, 6.07) is 3.24. The number of nitrogens with one attached hydrogen (secondary N) is 1. The normalized spacial score (nSPS) is 16.3. The second-order valence-corrected chi connectivity index (χ2v) is 8.06. The number of pyridine rings is 1. The maximum atomic E-state index is 15.1. The van der Waals surface area contributed by atoms with Crippen LogP contribution in [0.15, 0.2) is 30.5 Å². The first-order valence-electron chi connectivity index (χ1n) is 10.8. The zero-order chi connectivity index (χ0) is 26.2. The van der Waals surface area contributed by atoms with E-state index in [1.807, 2.05) is 0 Å². The number of hydrogen-bond donors (Lipinski definition) is 1. The number of methoxy groups -OCH3 is 1. The maximum absolute atomic E-state index is 15.1. The molecule has 1 aliphatic heterocycles. The van der Waals surface area contributed by atoms with Gasteiger partial charge in [-0.2, -0.15) is 13.2 Å². The largest absolute Gasteiger partial charge is 0.453 e. The van der Waals surface area contributed by atoms with Crippen LogP contribution in [0.5, 0.6) is 0 Å². The number of aromatic nitrogens is 2. The molecular formula is C23H21F5N4O4. The van der Waals surface area contributed by atoms with Gasteiger partial charge in [0.2, 0.25) is 0 Å². The van der Waals surface area contributed by atoms with Crippen LogP contribution in [0.25, 0.3) is 16.9 Å². The lowest BCUT2D eigenvalue weighted by Gasteiger charge is -2.32. The van der Waals surface area contributed by atoms with Crippen molar-refractivity contribution in [2.45, 2.75) is 18.7 Å². The van der Waals surface area contributed by atoms with Crippen LogP contribution in [-0.4, -0.2) is 66.2 Å². The summed E-state index contributed by atoms with van der Waals surface area (Å²) in [5, 5.41) is 2.26. The number of nitrogens with zero attached hydrogens (tertiary/aromatic N) is 3. The molecule has 8 nitrogen and oxygen atoms in total. The summed E-state index contributed by atoms with van der Waals surface area (Å²) in [7, 11) is 2.52. The van der Waals surface area contributed by atoms with Gasteiger partial charge in [0.15, 0.2) is 0 Å². The zero-order valence-corrected chi connectivity index (χ0v) is 19.2. The van der Waals surface area contributed by atoms with E-state index in [1.165, 1.54) is 23.5 Å². The Morgan fingerprint density at radius 2 is 1.92 bits per heavy atom. The number of carbonyl (C=O) groups excluding carboxylic acids is 2. The van der Waals surface area contributed by atoms with Gasteiger partial charge in [-0.25, -0.2) is 18.6 Å². The Balaban J connectivity index is 1.84. The highest BCUT2D eigenvalue weighted by Crippen LogP contribution is 2.34. The summed E-state index contributed by atoms with van der Waals surface area (Å²) in [6.07, 6.45) is -4.83. The SMILES string of the molecule is CNC(=O)c1cc(F)c(-c2nc3cc(C(F)(F)F)ccn3c2C[C@H]2CN(C(=O)OC)CCO2)c(F)c1. The molecule has 1 N–H and O–H groups in total.